The second-order valence-electron chi connectivity index (χ2n) is 2.67. The third-order valence-corrected chi connectivity index (χ3v) is 1.40. The fraction of sp³-hybridized carbons (Fsp3) is 0.375. The Morgan fingerprint density at radius 3 is 2.56 bits per heavy atom. The Morgan fingerprint density at radius 2 is 2.12 bits per heavy atom. The van der Waals surface area contributed by atoms with E-state index in [1.165, 1.54) is 6.08 Å². The maximum atomic E-state index is 11.0. The quantitative estimate of drug-likeness (QED) is 0.436. The Labute approximate surface area is 91.4 Å². The van der Waals surface area contributed by atoms with Crippen LogP contribution in [0.15, 0.2) is 12.7 Å². The molecule has 0 aromatic rings. The fourth-order valence-electron chi connectivity index (χ4n) is 0.721. The standard InChI is InChI=1S/C8H13N3O5/c1-2-3-16-8(15)11-5(6(12)13)4-10-7(9)14/h2,5H,1,3-4H2,(H,11,15)(H,12,13)(H3,9,10,14)/t5-/m0/s1. The predicted molar refractivity (Wildman–Crippen MR) is 53.7 cm³/mol. The summed E-state index contributed by atoms with van der Waals surface area (Å²) in [6.07, 6.45) is 0.412. The molecule has 5 N–H and O–H groups in total. The van der Waals surface area contributed by atoms with E-state index in [1.807, 2.05) is 5.32 Å². The zero-order valence-corrected chi connectivity index (χ0v) is 8.43. The maximum absolute atomic E-state index is 11.0. The average Bonchev–Trinajstić information content (AvgIpc) is 2.20. The highest BCUT2D eigenvalue weighted by atomic mass is 16.5. The van der Waals surface area contributed by atoms with Crippen LogP contribution in [0.4, 0.5) is 9.59 Å². The van der Waals surface area contributed by atoms with Gasteiger partial charge in [0.05, 0.1) is 6.54 Å². The molecule has 3 amide bonds. The number of nitrogens with two attached hydrogens (primary N) is 1. The number of carbonyl (C=O) groups excluding carboxylic acids is 2. The maximum Gasteiger partial charge on any atom is 0.408 e. The summed E-state index contributed by atoms with van der Waals surface area (Å²) in [5.41, 5.74) is 4.75. The van der Waals surface area contributed by atoms with E-state index in [4.69, 9.17) is 10.8 Å². The van der Waals surface area contributed by atoms with E-state index >= 15 is 0 Å². The third kappa shape index (κ3) is 6.24. The highest BCUT2D eigenvalue weighted by Gasteiger charge is 2.20. The summed E-state index contributed by atoms with van der Waals surface area (Å²) < 4.78 is 4.50. The molecular weight excluding hydrogens is 218 g/mol. The average molecular weight is 231 g/mol. The van der Waals surface area contributed by atoms with E-state index in [1.54, 1.807) is 0 Å². The van der Waals surface area contributed by atoms with Gasteiger partial charge in [0.15, 0.2) is 0 Å². The zero-order chi connectivity index (χ0) is 12.6. The lowest BCUT2D eigenvalue weighted by Gasteiger charge is -2.13. The van der Waals surface area contributed by atoms with Crippen LogP contribution in [0.3, 0.4) is 0 Å². The van der Waals surface area contributed by atoms with Crippen LogP contribution in [0, 0.1) is 0 Å². The van der Waals surface area contributed by atoms with Crippen molar-refractivity contribution < 1.29 is 24.2 Å². The zero-order valence-electron chi connectivity index (χ0n) is 8.43. The molecule has 0 rings (SSSR count). The summed E-state index contributed by atoms with van der Waals surface area (Å²) in [5.74, 6) is -1.32. The van der Waals surface area contributed by atoms with Crippen LogP contribution in [-0.2, 0) is 9.53 Å². The van der Waals surface area contributed by atoms with Crippen molar-refractivity contribution in [2.45, 2.75) is 6.04 Å². The van der Waals surface area contributed by atoms with Crippen molar-refractivity contribution >= 4 is 18.1 Å². The second kappa shape index (κ2) is 7.10. The first kappa shape index (κ1) is 13.8. The van der Waals surface area contributed by atoms with Crippen molar-refractivity contribution in [3.63, 3.8) is 0 Å². The van der Waals surface area contributed by atoms with E-state index in [2.05, 4.69) is 16.6 Å². The molecule has 0 aliphatic heterocycles. The number of rotatable bonds is 6. The normalized spacial score (nSPS) is 11.0. The molecule has 0 radical (unpaired) electrons. The number of carboxylic acid groups (broad SMARTS) is 1. The van der Waals surface area contributed by atoms with Crippen LogP contribution < -0.4 is 16.4 Å². The monoisotopic (exact) mass is 231 g/mol. The number of ether oxygens (including phenoxy) is 1. The molecule has 0 aromatic carbocycles. The topological polar surface area (TPSA) is 131 Å². The van der Waals surface area contributed by atoms with Gasteiger partial charge < -0.3 is 26.2 Å². The van der Waals surface area contributed by atoms with E-state index in [0.717, 1.165) is 0 Å². The Kier molecular flexibility index (Phi) is 6.10. The molecule has 16 heavy (non-hydrogen) atoms. The first-order chi connectivity index (χ1) is 7.47. The van der Waals surface area contributed by atoms with E-state index in [-0.39, 0.29) is 13.2 Å². The van der Waals surface area contributed by atoms with Crippen molar-refractivity contribution in [2.24, 2.45) is 5.73 Å². The molecule has 1 atom stereocenters. The van der Waals surface area contributed by atoms with Crippen LogP contribution in [0.5, 0.6) is 0 Å². The molecule has 0 heterocycles. The number of nitrogens with one attached hydrogen (secondary N) is 2. The number of amides is 3. The Hall–Kier alpha value is -2.25. The Balaban J connectivity index is 4.11. The van der Waals surface area contributed by atoms with Gasteiger partial charge in [-0.15, -0.1) is 0 Å². The Morgan fingerprint density at radius 1 is 1.50 bits per heavy atom. The minimum Gasteiger partial charge on any atom is -0.480 e. The Bertz CT molecular complexity index is 291. The molecule has 0 unspecified atom stereocenters. The minimum atomic E-state index is -1.32. The molecule has 8 nitrogen and oxygen atoms in total. The van der Waals surface area contributed by atoms with Gasteiger partial charge in [0.2, 0.25) is 0 Å². The van der Waals surface area contributed by atoms with Crippen LogP contribution in [-0.4, -0.2) is 42.4 Å². The van der Waals surface area contributed by atoms with Crippen LogP contribution in [0.25, 0.3) is 0 Å². The van der Waals surface area contributed by atoms with Gasteiger partial charge in [0.1, 0.15) is 12.6 Å². The summed E-state index contributed by atoms with van der Waals surface area (Å²) in [4.78, 5) is 32.0. The van der Waals surface area contributed by atoms with E-state index in [0.29, 0.717) is 0 Å². The smallest absolute Gasteiger partial charge is 0.408 e. The largest absolute Gasteiger partial charge is 0.480 e. The first-order valence-electron chi connectivity index (χ1n) is 4.27. The number of carbonyl (C=O) groups is 3. The van der Waals surface area contributed by atoms with Crippen molar-refractivity contribution in [2.75, 3.05) is 13.2 Å². The number of hydrogen-bond donors (Lipinski definition) is 4. The fourth-order valence-corrected chi connectivity index (χ4v) is 0.721. The molecule has 0 saturated carbocycles. The summed E-state index contributed by atoms with van der Waals surface area (Å²) in [6, 6.07) is -2.18. The lowest BCUT2D eigenvalue weighted by atomic mass is 10.3. The molecule has 90 valence electrons. The number of primary amides is 1. The van der Waals surface area contributed by atoms with Gasteiger partial charge in [-0.2, -0.15) is 0 Å². The summed E-state index contributed by atoms with van der Waals surface area (Å²) in [5, 5.41) is 12.8. The van der Waals surface area contributed by atoms with Crippen molar-refractivity contribution in [1.29, 1.82) is 0 Å². The van der Waals surface area contributed by atoms with Gasteiger partial charge in [-0.25, -0.2) is 14.4 Å². The highest BCUT2D eigenvalue weighted by molar-refractivity contribution is 5.81. The van der Waals surface area contributed by atoms with E-state index in [9.17, 15) is 14.4 Å². The first-order valence-corrected chi connectivity index (χ1v) is 4.27. The molecule has 0 spiro atoms. The minimum absolute atomic E-state index is 0.0403. The van der Waals surface area contributed by atoms with Gasteiger partial charge >= 0.3 is 18.1 Å². The number of hydrogen-bond acceptors (Lipinski definition) is 4. The summed E-state index contributed by atoms with van der Waals surface area (Å²) in [6.45, 7) is 2.95. The van der Waals surface area contributed by atoms with Crippen molar-refractivity contribution in [3.8, 4) is 0 Å². The van der Waals surface area contributed by atoms with Gasteiger partial charge in [-0.3, -0.25) is 0 Å². The number of urea groups is 1. The van der Waals surface area contributed by atoms with Crippen molar-refractivity contribution in [1.82, 2.24) is 10.6 Å². The lowest BCUT2D eigenvalue weighted by Crippen LogP contribution is -2.49. The third-order valence-electron chi connectivity index (χ3n) is 1.40. The molecule has 0 saturated heterocycles. The molecule has 0 aromatic heterocycles. The number of aliphatic carboxylic acids is 1. The van der Waals surface area contributed by atoms with Gasteiger partial charge in [0.25, 0.3) is 0 Å². The van der Waals surface area contributed by atoms with Crippen LogP contribution in [0.2, 0.25) is 0 Å². The number of carboxylic acids is 1. The highest BCUT2D eigenvalue weighted by Crippen LogP contribution is 1.86. The van der Waals surface area contributed by atoms with Gasteiger partial charge in [-0.05, 0) is 0 Å². The molecule has 0 aliphatic rings. The van der Waals surface area contributed by atoms with Crippen LogP contribution in [0.1, 0.15) is 0 Å². The van der Waals surface area contributed by atoms with E-state index < -0.39 is 24.1 Å². The number of alkyl carbamates (subject to hydrolysis) is 1. The molecule has 0 fully saturated rings. The molecule has 8 heteroatoms. The van der Waals surface area contributed by atoms with Gasteiger partial charge in [-0.1, -0.05) is 12.7 Å². The van der Waals surface area contributed by atoms with Crippen LogP contribution >= 0.6 is 0 Å². The molecule has 0 aliphatic carbocycles. The SMILES string of the molecule is C=CCOC(=O)N[C@@H](CNC(N)=O)C(=O)O. The molecular formula is C8H13N3O5. The molecule has 0 bridgehead atoms. The summed E-state index contributed by atoms with van der Waals surface area (Å²) in [7, 11) is 0. The summed E-state index contributed by atoms with van der Waals surface area (Å²) >= 11 is 0. The lowest BCUT2D eigenvalue weighted by molar-refractivity contribution is -0.139. The predicted octanol–water partition coefficient (Wildman–Crippen LogP) is -0.980. The van der Waals surface area contributed by atoms with Crippen molar-refractivity contribution in [3.05, 3.63) is 12.7 Å². The second-order valence-corrected chi connectivity index (χ2v) is 2.67. The van der Waals surface area contributed by atoms with Gasteiger partial charge in [0, 0.05) is 0 Å².